The molecular formula is C12H19BrN2O2. The van der Waals surface area contributed by atoms with Gasteiger partial charge >= 0.3 is 0 Å². The number of nitrogens with zero attached hydrogens (tertiary/aromatic N) is 1. The molecule has 0 aliphatic rings. The molecule has 0 unspecified atom stereocenters. The van der Waals surface area contributed by atoms with Crippen LogP contribution in [0.1, 0.15) is 12.8 Å². The fraction of sp³-hybridized carbons (Fsp3) is 0.583. The summed E-state index contributed by atoms with van der Waals surface area (Å²) in [5.41, 5.74) is 1.08. The first-order chi connectivity index (χ1) is 8.34. The van der Waals surface area contributed by atoms with Crippen molar-refractivity contribution in [3.8, 4) is 0 Å². The quantitative estimate of drug-likeness (QED) is 0.712. The normalized spacial score (nSPS) is 10.5. The van der Waals surface area contributed by atoms with E-state index in [9.17, 15) is 0 Å². The number of ether oxygens (including phenoxy) is 2. The maximum Gasteiger partial charge on any atom is 0.0700 e. The molecule has 5 heteroatoms. The molecule has 17 heavy (non-hydrogen) atoms. The topological polar surface area (TPSA) is 43.4 Å². The molecule has 0 aliphatic heterocycles. The molecule has 0 saturated carbocycles. The molecule has 0 aromatic carbocycles. The summed E-state index contributed by atoms with van der Waals surface area (Å²) >= 11 is 3.44. The van der Waals surface area contributed by atoms with E-state index in [1.54, 1.807) is 19.5 Å². The highest BCUT2D eigenvalue weighted by atomic mass is 79.9. The zero-order valence-corrected chi connectivity index (χ0v) is 11.7. The molecule has 1 aromatic rings. The first-order valence-electron chi connectivity index (χ1n) is 5.74. The zero-order chi connectivity index (χ0) is 12.3. The summed E-state index contributed by atoms with van der Waals surface area (Å²) in [6.45, 7) is 3.08. The van der Waals surface area contributed by atoms with Crippen LogP contribution in [0.4, 0.5) is 5.69 Å². The van der Waals surface area contributed by atoms with E-state index >= 15 is 0 Å². The van der Waals surface area contributed by atoms with Crippen LogP contribution in [-0.2, 0) is 9.47 Å². The third-order valence-corrected chi connectivity index (χ3v) is 2.87. The van der Waals surface area contributed by atoms with Crippen LogP contribution in [0, 0.1) is 0 Å². The minimum Gasteiger partial charge on any atom is -0.384 e. The largest absolute Gasteiger partial charge is 0.384 e. The number of methoxy groups -OCH3 is 1. The number of unbranched alkanes of at least 4 members (excludes halogenated alkanes) is 1. The second-order valence-electron chi connectivity index (χ2n) is 3.59. The lowest BCUT2D eigenvalue weighted by Gasteiger charge is -2.08. The molecule has 0 fully saturated rings. The maximum atomic E-state index is 5.38. The first-order valence-corrected chi connectivity index (χ1v) is 6.54. The van der Waals surface area contributed by atoms with Crippen molar-refractivity contribution in [1.82, 2.24) is 4.98 Å². The number of nitrogens with one attached hydrogen (secondary N) is 1. The second kappa shape index (κ2) is 9.39. The summed E-state index contributed by atoms with van der Waals surface area (Å²) in [6, 6.07) is 1.96. The fourth-order valence-electron chi connectivity index (χ4n) is 1.32. The second-order valence-corrected chi connectivity index (χ2v) is 4.45. The van der Waals surface area contributed by atoms with Crippen molar-refractivity contribution in [3.63, 3.8) is 0 Å². The number of aromatic nitrogens is 1. The third-order valence-electron chi connectivity index (χ3n) is 2.24. The Hall–Kier alpha value is -0.650. The molecular weight excluding hydrogens is 284 g/mol. The lowest BCUT2D eigenvalue weighted by molar-refractivity contribution is 0.0691. The fourth-order valence-corrected chi connectivity index (χ4v) is 1.71. The van der Waals surface area contributed by atoms with Crippen molar-refractivity contribution in [3.05, 3.63) is 22.9 Å². The molecule has 1 heterocycles. The van der Waals surface area contributed by atoms with Gasteiger partial charge in [0, 0.05) is 32.7 Å². The summed E-state index contributed by atoms with van der Waals surface area (Å²) in [5.74, 6) is 0. The summed E-state index contributed by atoms with van der Waals surface area (Å²) in [5, 5.41) is 3.35. The Bertz CT molecular complexity index is 310. The monoisotopic (exact) mass is 302 g/mol. The van der Waals surface area contributed by atoms with Crippen LogP contribution in [0.15, 0.2) is 22.9 Å². The number of anilines is 1. The van der Waals surface area contributed by atoms with Crippen LogP contribution in [0.5, 0.6) is 0 Å². The smallest absolute Gasteiger partial charge is 0.0700 e. The molecule has 0 aliphatic carbocycles. The number of pyridine rings is 1. The molecule has 0 spiro atoms. The number of rotatable bonds is 9. The van der Waals surface area contributed by atoms with Crippen LogP contribution >= 0.6 is 15.9 Å². The molecule has 0 amide bonds. The molecule has 0 saturated heterocycles. The van der Waals surface area contributed by atoms with Gasteiger partial charge in [-0.1, -0.05) is 0 Å². The van der Waals surface area contributed by atoms with Crippen molar-refractivity contribution < 1.29 is 9.47 Å². The average Bonchev–Trinajstić information content (AvgIpc) is 2.35. The van der Waals surface area contributed by atoms with Gasteiger partial charge in [-0.25, -0.2) is 0 Å². The highest BCUT2D eigenvalue weighted by molar-refractivity contribution is 9.10. The SMILES string of the molecule is COCCOCCCCNc1ccncc1Br. The van der Waals surface area contributed by atoms with Gasteiger partial charge in [0.05, 0.1) is 23.4 Å². The van der Waals surface area contributed by atoms with E-state index in [2.05, 4.69) is 26.2 Å². The molecule has 96 valence electrons. The van der Waals surface area contributed by atoms with Gasteiger partial charge < -0.3 is 14.8 Å². The van der Waals surface area contributed by atoms with Gasteiger partial charge in [-0.3, -0.25) is 4.98 Å². The lowest BCUT2D eigenvalue weighted by Crippen LogP contribution is -2.06. The van der Waals surface area contributed by atoms with E-state index < -0.39 is 0 Å². The third kappa shape index (κ3) is 6.61. The molecule has 0 bridgehead atoms. The van der Waals surface area contributed by atoms with Gasteiger partial charge in [-0.15, -0.1) is 0 Å². The van der Waals surface area contributed by atoms with Crippen molar-refractivity contribution >= 4 is 21.6 Å². The Morgan fingerprint density at radius 3 is 2.94 bits per heavy atom. The molecule has 4 nitrogen and oxygen atoms in total. The first kappa shape index (κ1) is 14.4. The van der Waals surface area contributed by atoms with Crippen molar-refractivity contribution in [2.24, 2.45) is 0 Å². The predicted molar refractivity (Wildman–Crippen MR) is 72.4 cm³/mol. The van der Waals surface area contributed by atoms with Gasteiger partial charge in [0.2, 0.25) is 0 Å². The van der Waals surface area contributed by atoms with Gasteiger partial charge in [0.25, 0.3) is 0 Å². The van der Waals surface area contributed by atoms with E-state index in [-0.39, 0.29) is 0 Å². The predicted octanol–water partition coefficient (Wildman–Crippen LogP) is 2.70. The molecule has 1 N–H and O–H groups in total. The van der Waals surface area contributed by atoms with Gasteiger partial charge in [-0.2, -0.15) is 0 Å². The summed E-state index contributed by atoms with van der Waals surface area (Å²) < 4.78 is 11.3. The number of halogens is 1. The maximum absolute atomic E-state index is 5.38. The van der Waals surface area contributed by atoms with E-state index in [4.69, 9.17) is 9.47 Å². The van der Waals surface area contributed by atoms with E-state index in [1.165, 1.54) is 0 Å². The molecule has 1 rings (SSSR count). The Kier molecular flexibility index (Phi) is 7.96. The van der Waals surface area contributed by atoms with Gasteiger partial charge in [0.15, 0.2) is 0 Å². The van der Waals surface area contributed by atoms with E-state index in [0.29, 0.717) is 13.2 Å². The Morgan fingerprint density at radius 1 is 1.29 bits per heavy atom. The Morgan fingerprint density at radius 2 is 2.18 bits per heavy atom. The minimum absolute atomic E-state index is 0.669. The van der Waals surface area contributed by atoms with Gasteiger partial charge in [0.1, 0.15) is 0 Å². The summed E-state index contributed by atoms with van der Waals surface area (Å²) in [4.78, 5) is 4.01. The van der Waals surface area contributed by atoms with Crippen LogP contribution < -0.4 is 5.32 Å². The zero-order valence-electron chi connectivity index (χ0n) is 10.1. The molecule has 0 radical (unpaired) electrons. The number of hydrogen-bond donors (Lipinski definition) is 1. The van der Waals surface area contributed by atoms with Crippen LogP contribution in [0.2, 0.25) is 0 Å². The summed E-state index contributed by atoms with van der Waals surface area (Å²) in [7, 11) is 1.68. The lowest BCUT2D eigenvalue weighted by atomic mass is 10.3. The summed E-state index contributed by atoms with van der Waals surface area (Å²) in [6.07, 6.45) is 5.71. The van der Waals surface area contributed by atoms with Crippen LogP contribution in [-0.4, -0.2) is 38.5 Å². The van der Waals surface area contributed by atoms with Crippen molar-refractivity contribution in [1.29, 1.82) is 0 Å². The van der Waals surface area contributed by atoms with Crippen molar-refractivity contribution in [2.45, 2.75) is 12.8 Å². The molecule has 1 aromatic heterocycles. The van der Waals surface area contributed by atoms with Crippen LogP contribution in [0.3, 0.4) is 0 Å². The van der Waals surface area contributed by atoms with Crippen LogP contribution in [0.25, 0.3) is 0 Å². The van der Waals surface area contributed by atoms with E-state index in [1.807, 2.05) is 6.07 Å². The highest BCUT2D eigenvalue weighted by Crippen LogP contribution is 2.19. The average molecular weight is 303 g/mol. The molecule has 0 atom stereocenters. The highest BCUT2D eigenvalue weighted by Gasteiger charge is 1.97. The van der Waals surface area contributed by atoms with Gasteiger partial charge in [-0.05, 0) is 34.8 Å². The van der Waals surface area contributed by atoms with E-state index in [0.717, 1.165) is 36.2 Å². The minimum atomic E-state index is 0.669. The standard InChI is InChI=1S/C12H19BrN2O2/c1-16-8-9-17-7-3-2-5-15-12-4-6-14-10-11(12)13/h4,6,10H,2-3,5,7-9H2,1H3,(H,14,15). The Labute approximate surface area is 111 Å². The number of hydrogen-bond acceptors (Lipinski definition) is 4. The van der Waals surface area contributed by atoms with Crippen molar-refractivity contribution in [2.75, 3.05) is 38.8 Å². The Balaban J connectivity index is 1.99.